The Balaban J connectivity index is 5.07. The van der Waals surface area contributed by atoms with Crippen molar-refractivity contribution < 1.29 is 19.5 Å². The summed E-state index contributed by atoms with van der Waals surface area (Å²) in [5, 5.41) is 12.1. The average Bonchev–Trinajstić information content (AvgIpc) is 2.40. The first kappa shape index (κ1) is 24.6. The number of rotatable bonds is 9. The molecule has 141 valence electrons. The number of hydrogen-bond acceptors (Lipinski definition) is 4. The fourth-order valence-corrected chi connectivity index (χ4v) is 4.07. The van der Waals surface area contributed by atoms with Gasteiger partial charge in [0.15, 0.2) is 0 Å². The van der Waals surface area contributed by atoms with Gasteiger partial charge in [0.2, 0.25) is 0 Å². The molecule has 0 aromatic carbocycles. The van der Waals surface area contributed by atoms with Crippen LogP contribution < -0.4 is 5.32 Å². The second-order valence-corrected chi connectivity index (χ2v) is 10.2. The van der Waals surface area contributed by atoms with Crippen LogP contribution in [0.25, 0.3) is 0 Å². The van der Waals surface area contributed by atoms with E-state index in [1.807, 2.05) is 41.5 Å². The number of nitrogens with one attached hydrogen (secondary N) is 1. The van der Waals surface area contributed by atoms with Crippen LogP contribution >= 0.6 is 11.8 Å². The van der Waals surface area contributed by atoms with Crippen LogP contribution in [-0.2, 0) is 14.4 Å². The Hall–Kier alpha value is -0.417. The van der Waals surface area contributed by atoms with Crippen molar-refractivity contribution in [2.75, 3.05) is 5.75 Å². The van der Waals surface area contributed by atoms with Crippen LogP contribution in [0.1, 0.15) is 54.4 Å². The van der Waals surface area contributed by atoms with Crippen molar-refractivity contribution in [2.45, 2.75) is 66.7 Å². The summed E-state index contributed by atoms with van der Waals surface area (Å²) < 4.78 is 0. The van der Waals surface area contributed by atoms with Crippen molar-refractivity contribution in [1.29, 1.82) is 0 Å². The van der Waals surface area contributed by atoms with Crippen molar-refractivity contribution in [3.05, 3.63) is 0 Å². The SMILES string of the molecule is CC(C)(C)[C@H](CSC(=O)C[B][As])NC(=O)[C@H](CCC(=O)O)C(C)(C)C. The number of carboxylic acid groups (broad SMARTS) is 1. The fourth-order valence-electron chi connectivity index (χ4n) is 2.32. The van der Waals surface area contributed by atoms with Crippen molar-refractivity contribution in [3.8, 4) is 0 Å². The predicted octanol–water partition coefficient (Wildman–Crippen LogP) is 2.51. The fraction of sp³-hybridized carbons (Fsp3) is 0.824. The molecule has 0 rings (SSSR count). The number of carbonyl (C=O) groups excluding carboxylic acids is 2. The molecule has 0 spiro atoms. The summed E-state index contributed by atoms with van der Waals surface area (Å²) in [5.41, 5.74) is -0.538. The summed E-state index contributed by atoms with van der Waals surface area (Å²) in [6, 6.07) is -0.171. The average molecular weight is 430 g/mol. The van der Waals surface area contributed by atoms with Gasteiger partial charge in [0.25, 0.3) is 0 Å². The van der Waals surface area contributed by atoms with Crippen LogP contribution in [0.5, 0.6) is 0 Å². The van der Waals surface area contributed by atoms with Gasteiger partial charge in [0.1, 0.15) is 0 Å². The minimum atomic E-state index is -0.898. The summed E-state index contributed by atoms with van der Waals surface area (Å²) >= 11 is 3.50. The van der Waals surface area contributed by atoms with Gasteiger partial charge < -0.3 is 5.11 Å². The number of hydrogen-bond donors (Lipinski definition) is 2. The number of amides is 1. The zero-order chi connectivity index (χ0) is 19.8. The molecule has 0 heterocycles. The Bertz CT molecular complexity index is 474. The Morgan fingerprint density at radius 3 is 2.08 bits per heavy atom. The summed E-state index contributed by atoms with van der Waals surface area (Å²) in [4.78, 5) is 35.5. The van der Waals surface area contributed by atoms with Gasteiger partial charge in [0.05, 0.1) is 0 Å². The predicted molar refractivity (Wildman–Crippen MR) is 105 cm³/mol. The van der Waals surface area contributed by atoms with E-state index in [0.29, 0.717) is 18.5 Å². The maximum absolute atomic E-state index is 12.8. The Labute approximate surface area is 165 Å². The Morgan fingerprint density at radius 1 is 1.12 bits per heavy atom. The molecule has 0 aliphatic carbocycles. The molecule has 0 saturated heterocycles. The normalized spacial score (nSPS) is 14.5. The Kier molecular flexibility index (Phi) is 10.5. The van der Waals surface area contributed by atoms with Crippen LogP contribution in [-0.4, -0.2) is 56.5 Å². The molecule has 0 aromatic heterocycles. The molecule has 0 aliphatic heterocycles. The van der Waals surface area contributed by atoms with E-state index in [1.165, 1.54) is 11.8 Å². The molecule has 2 N–H and O–H groups in total. The molecule has 1 amide bonds. The second kappa shape index (κ2) is 10.7. The standard InChI is InChI=1S/C17H30AsBNO4S/c1-16(2,3)11(7-8-13(21)22)15(24)20-12(17(4,5)6)10-25-14(23)9-19-18/h11-12H,7-10H2,1-6H3,(H,20,24)(H,21,22)/t11-,12-/m0/s1. The molecule has 25 heavy (non-hydrogen) atoms. The van der Waals surface area contributed by atoms with E-state index in [9.17, 15) is 14.4 Å². The van der Waals surface area contributed by atoms with Gasteiger partial charge in [-0.05, 0) is 0 Å². The van der Waals surface area contributed by atoms with Crippen LogP contribution in [0.4, 0.5) is 0 Å². The first-order valence-electron chi connectivity index (χ1n) is 8.42. The third kappa shape index (κ3) is 10.3. The quantitative estimate of drug-likeness (QED) is 0.550. The summed E-state index contributed by atoms with van der Waals surface area (Å²) in [6.07, 6.45) is 0.655. The van der Waals surface area contributed by atoms with Crippen molar-refractivity contribution in [2.24, 2.45) is 16.7 Å². The van der Waals surface area contributed by atoms with Gasteiger partial charge in [-0.2, -0.15) is 0 Å². The van der Waals surface area contributed by atoms with Crippen molar-refractivity contribution in [1.82, 2.24) is 5.32 Å². The molecule has 0 aliphatic rings. The third-order valence-corrected chi connectivity index (χ3v) is 5.41. The van der Waals surface area contributed by atoms with E-state index < -0.39 is 11.9 Å². The number of carbonyl (C=O) groups is 3. The van der Waals surface area contributed by atoms with Gasteiger partial charge in [0, 0.05) is 0 Å². The summed E-state index contributed by atoms with van der Waals surface area (Å²) in [5.74, 6) is 0.833. The van der Waals surface area contributed by atoms with Crippen LogP contribution in [0.2, 0.25) is 6.32 Å². The van der Waals surface area contributed by atoms with E-state index in [4.69, 9.17) is 5.11 Å². The molecule has 0 fully saturated rings. The molecule has 0 saturated carbocycles. The van der Waals surface area contributed by atoms with Gasteiger partial charge >= 0.3 is 156 Å². The van der Waals surface area contributed by atoms with Crippen LogP contribution in [0.3, 0.4) is 0 Å². The number of aliphatic carboxylic acids is 1. The molecule has 8 heteroatoms. The Morgan fingerprint density at radius 2 is 1.68 bits per heavy atom. The molecule has 0 bridgehead atoms. The number of thioether (sulfide) groups is 1. The molecular weight excluding hydrogens is 400 g/mol. The molecule has 5 nitrogen and oxygen atoms in total. The maximum atomic E-state index is 12.8. The molecule has 0 aromatic rings. The molecule has 0 unspecified atom stereocenters. The van der Waals surface area contributed by atoms with Gasteiger partial charge in [-0.1, -0.05) is 0 Å². The zero-order valence-corrected chi connectivity index (χ0v) is 18.8. The minimum absolute atomic E-state index is 0.0344. The molecule has 2 atom stereocenters. The second-order valence-electron chi connectivity index (χ2n) is 8.35. The summed E-state index contributed by atoms with van der Waals surface area (Å²) in [6.45, 7) is 11.9. The van der Waals surface area contributed by atoms with E-state index >= 15 is 0 Å². The van der Waals surface area contributed by atoms with Crippen molar-refractivity contribution >= 4 is 51.4 Å². The van der Waals surface area contributed by atoms with Crippen molar-refractivity contribution in [3.63, 3.8) is 0 Å². The van der Waals surface area contributed by atoms with Crippen LogP contribution in [0.15, 0.2) is 0 Å². The first-order valence-corrected chi connectivity index (χ1v) is 10.5. The molecule has 3 radical (unpaired) electrons. The van der Waals surface area contributed by atoms with E-state index in [0.717, 1.165) is 0 Å². The topological polar surface area (TPSA) is 83.5 Å². The molecular formula is C17H30AsBNO4S. The third-order valence-electron chi connectivity index (χ3n) is 4.04. The number of carboxylic acids is 1. The monoisotopic (exact) mass is 430 g/mol. The zero-order valence-electron chi connectivity index (χ0n) is 16.1. The van der Waals surface area contributed by atoms with E-state index in [2.05, 4.69) is 22.0 Å². The first-order chi connectivity index (χ1) is 11.3. The van der Waals surface area contributed by atoms with Gasteiger partial charge in [-0.15, -0.1) is 0 Å². The summed E-state index contributed by atoms with van der Waals surface area (Å²) in [7, 11) is 0. The van der Waals surface area contributed by atoms with E-state index in [-0.39, 0.29) is 34.3 Å². The van der Waals surface area contributed by atoms with Gasteiger partial charge in [-0.25, -0.2) is 0 Å². The van der Waals surface area contributed by atoms with Crippen LogP contribution in [0, 0.1) is 16.7 Å². The van der Waals surface area contributed by atoms with Gasteiger partial charge in [-0.3, -0.25) is 4.79 Å². The van der Waals surface area contributed by atoms with E-state index in [1.54, 1.807) is 5.97 Å².